The molecule has 3 rings (SSSR count). The van der Waals surface area contributed by atoms with Crippen molar-refractivity contribution in [3.8, 4) is 0 Å². The number of benzene rings is 2. The Hall–Kier alpha value is -1.79. The molecule has 0 radical (unpaired) electrons. The van der Waals surface area contributed by atoms with E-state index in [4.69, 9.17) is 35.4 Å². The molecule has 4 nitrogen and oxygen atoms in total. The van der Waals surface area contributed by atoms with Gasteiger partial charge in [0.25, 0.3) is 0 Å². The third-order valence-electron chi connectivity index (χ3n) is 4.87. The van der Waals surface area contributed by atoms with Crippen molar-refractivity contribution >= 4 is 51.4 Å². The maximum atomic E-state index is 6.56. The van der Waals surface area contributed by atoms with Crippen LogP contribution in [0.3, 0.4) is 0 Å². The lowest BCUT2D eigenvalue weighted by Crippen LogP contribution is -2.38. The first-order chi connectivity index (χ1) is 14.0. The van der Waals surface area contributed by atoms with Crippen molar-refractivity contribution in [1.82, 2.24) is 20.5 Å². The molecule has 1 atom stereocenters. The third-order valence-corrected chi connectivity index (χ3v) is 5.72. The van der Waals surface area contributed by atoms with Crippen LogP contribution in [0.15, 0.2) is 48.7 Å². The van der Waals surface area contributed by atoms with E-state index in [1.807, 2.05) is 24.3 Å². The van der Waals surface area contributed by atoms with Crippen molar-refractivity contribution in [3.05, 3.63) is 69.8 Å². The van der Waals surface area contributed by atoms with Crippen LogP contribution in [0.25, 0.3) is 10.9 Å². The number of aromatic nitrogens is 1. The maximum Gasteiger partial charge on any atom is 0.166 e. The number of rotatable bonds is 8. The van der Waals surface area contributed by atoms with Gasteiger partial charge in [0, 0.05) is 46.2 Å². The minimum absolute atomic E-state index is 0.0254. The zero-order valence-corrected chi connectivity index (χ0v) is 19.0. The van der Waals surface area contributed by atoms with Gasteiger partial charge in [-0.3, -0.25) is 0 Å². The summed E-state index contributed by atoms with van der Waals surface area (Å²) in [5, 5.41) is 9.76. The van der Waals surface area contributed by atoms with Crippen LogP contribution in [0.5, 0.6) is 0 Å². The fourth-order valence-corrected chi connectivity index (χ4v) is 4.13. The number of H-pyrrole nitrogens is 1. The molecule has 0 amide bonds. The fourth-order valence-electron chi connectivity index (χ4n) is 3.41. The lowest BCUT2D eigenvalue weighted by molar-refractivity contribution is 0.400. The molecule has 1 aromatic heterocycles. The highest BCUT2D eigenvalue weighted by atomic mass is 35.5. The van der Waals surface area contributed by atoms with Crippen LogP contribution in [0.1, 0.15) is 23.5 Å². The molecule has 0 bridgehead atoms. The Morgan fingerprint density at radius 2 is 1.90 bits per heavy atom. The molecular formula is C22H26Cl2N4S. The topological polar surface area (TPSA) is 43.1 Å². The van der Waals surface area contributed by atoms with E-state index >= 15 is 0 Å². The average molecular weight is 449 g/mol. The zero-order chi connectivity index (χ0) is 20.8. The predicted octanol–water partition coefficient (Wildman–Crippen LogP) is 5.02. The van der Waals surface area contributed by atoms with Crippen LogP contribution in [0.2, 0.25) is 10.0 Å². The van der Waals surface area contributed by atoms with E-state index in [0.717, 1.165) is 30.6 Å². The smallest absolute Gasteiger partial charge is 0.166 e. The molecule has 154 valence electrons. The molecule has 0 aliphatic carbocycles. The largest absolute Gasteiger partial charge is 0.363 e. The van der Waals surface area contributed by atoms with E-state index in [1.165, 1.54) is 10.9 Å². The maximum absolute atomic E-state index is 6.56. The first-order valence-corrected chi connectivity index (χ1v) is 10.8. The van der Waals surface area contributed by atoms with Crippen molar-refractivity contribution in [1.29, 1.82) is 0 Å². The SMILES string of the molecule is CN(C)CCCNC(=S)NC[C@H](c1ccc(Cl)cc1Cl)c1c[nH]c2ccccc12. The molecule has 29 heavy (non-hydrogen) atoms. The number of thiocarbonyl (C=S) groups is 1. The second kappa shape index (κ2) is 10.3. The van der Waals surface area contributed by atoms with E-state index < -0.39 is 0 Å². The van der Waals surface area contributed by atoms with Gasteiger partial charge in [-0.05, 0) is 68.6 Å². The summed E-state index contributed by atoms with van der Waals surface area (Å²) in [4.78, 5) is 5.52. The highest BCUT2D eigenvalue weighted by Crippen LogP contribution is 2.35. The van der Waals surface area contributed by atoms with Crippen LogP contribution in [0, 0.1) is 0 Å². The quantitative estimate of drug-likeness (QED) is 0.334. The van der Waals surface area contributed by atoms with Crippen molar-refractivity contribution < 1.29 is 0 Å². The molecule has 1 heterocycles. The van der Waals surface area contributed by atoms with Crippen LogP contribution in [0.4, 0.5) is 0 Å². The summed E-state index contributed by atoms with van der Waals surface area (Å²) in [6.07, 6.45) is 3.08. The van der Waals surface area contributed by atoms with Gasteiger partial charge >= 0.3 is 0 Å². The summed E-state index contributed by atoms with van der Waals surface area (Å²) in [6, 6.07) is 13.9. The first kappa shape index (κ1) is 21.9. The van der Waals surface area contributed by atoms with Crippen molar-refractivity contribution in [2.24, 2.45) is 0 Å². The van der Waals surface area contributed by atoms with Gasteiger partial charge in [0.2, 0.25) is 0 Å². The van der Waals surface area contributed by atoms with E-state index in [-0.39, 0.29) is 5.92 Å². The molecule has 0 fully saturated rings. The van der Waals surface area contributed by atoms with Crippen molar-refractivity contribution in [3.63, 3.8) is 0 Å². The van der Waals surface area contributed by atoms with Gasteiger partial charge in [-0.1, -0.05) is 47.5 Å². The zero-order valence-electron chi connectivity index (χ0n) is 16.6. The van der Waals surface area contributed by atoms with Crippen molar-refractivity contribution in [2.75, 3.05) is 33.7 Å². The molecular weight excluding hydrogens is 423 g/mol. The Bertz CT molecular complexity index is 970. The molecule has 0 aliphatic heterocycles. The Kier molecular flexibility index (Phi) is 7.78. The summed E-state index contributed by atoms with van der Waals surface area (Å²) < 4.78 is 0. The molecule has 0 aliphatic rings. The lowest BCUT2D eigenvalue weighted by atomic mass is 9.91. The Labute approximate surface area is 187 Å². The summed E-state index contributed by atoms with van der Waals surface area (Å²) in [6.45, 7) is 2.49. The van der Waals surface area contributed by atoms with Gasteiger partial charge in [-0.2, -0.15) is 0 Å². The molecule has 7 heteroatoms. The lowest BCUT2D eigenvalue weighted by Gasteiger charge is -2.21. The van der Waals surface area contributed by atoms with Crippen LogP contribution in [-0.2, 0) is 0 Å². The Morgan fingerprint density at radius 3 is 2.66 bits per heavy atom. The van der Waals surface area contributed by atoms with Gasteiger partial charge < -0.3 is 20.5 Å². The fraction of sp³-hybridized carbons (Fsp3) is 0.318. The van der Waals surface area contributed by atoms with E-state index in [9.17, 15) is 0 Å². The molecule has 0 unspecified atom stereocenters. The average Bonchev–Trinajstić information content (AvgIpc) is 3.11. The highest BCUT2D eigenvalue weighted by Gasteiger charge is 2.21. The minimum Gasteiger partial charge on any atom is -0.363 e. The molecule has 2 aromatic carbocycles. The van der Waals surface area contributed by atoms with Gasteiger partial charge in [-0.15, -0.1) is 0 Å². The summed E-state index contributed by atoms with van der Waals surface area (Å²) >= 11 is 18.2. The molecule has 0 saturated heterocycles. The number of fused-ring (bicyclic) bond motifs is 1. The summed E-state index contributed by atoms with van der Waals surface area (Å²) in [7, 11) is 4.14. The van der Waals surface area contributed by atoms with Crippen LogP contribution >= 0.6 is 35.4 Å². The number of nitrogens with zero attached hydrogens (tertiary/aromatic N) is 1. The van der Waals surface area contributed by atoms with Gasteiger partial charge in [-0.25, -0.2) is 0 Å². The van der Waals surface area contributed by atoms with E-state index in [0.29, 0.717) is 21.7 Å². The normalized spacial score (nSPS) is 12.3. The summed E-state index contributed by atoms with van der Waals surface area (Å²) in [5.41, 5.74) is 3.29. The number of nitrogens with one attached hydrogen (secondary N) is 3. The number of hydrogen-bond acceptors (Lipinski definition) is 2. The monoisotopic (exact) mass is 448 g/mol. The number of hydrogen-bond donors (Lipinski definition) is 3. The minimum atomic E-state index is 0.0254. The first-order valence-electron chi connectivity index (χ1n) is 9.63. The highest BCUT2D eigenvalue weighted by molar-refractivity contribution is 7.80. The van der Waals surface area contributed by atoms with Gasteiger partial charge in [0.05, 0.1) is 0 Å². The number of para-hydroxylation sites is 1. The Balaban J connectivity index is 1.78. The van der Waals surface area contributed by atoms with Crippen molar-refractivity contribution in [2.45, 2.75) is 12.3 Å². The number of aromatic amines is 1. The van der Waals surface area contributed by atoms with Crippen LogP contribution in [-0.4, -0.2) is 48.7 Å². The molecule has 3 N–H and O–H groups in total. The Morgan fingerprint density at radius 1 is 1.10 bits per heavy atom. The second-order valence-corrected chi connectivity index (χ2v) is 8.55. The summed E-state index contributed by atoms with van der Waals surface area (Å²) in [5.74, 6) is 0.0254. The van der Waals surface area contributed by atoms with Gasteiger partial charge in [0.1, 0.15) is 0 Å². The van der Waals surface area contributed by atoms with E-state index in [1.54, 1.807) is 6.07 Å². The van der Waals surface area contributed by atoms with Gasteiger partial charge in [0.15, 0.2) is 5.11 Å². The molecule has 0 saturated carbocycles. The van der Waals surface area contributed by atoms with E-state index in [2.05, 4.69) is 52.9 Å². The molecule has 0 spiro atoms. The third kappa shape index (κ3) is 5.86. The predicted molar refractivity (Wildman–Crippen MR) is 128 cm³/mol. The second-order valence-electron chi connectivity index (χ2n) is 7.30. The number of halogens is 2. The standard InChI is InChI=1S/C22H26Cl2N4S/c1-28(2)11-5-10-25-22(29)27-14-18(16-9-8-15(23)12-20(16)24)19-13-26-21-7-4-3-6-17(19)21/h3-4,6-9,12-13,18,26H,5,10-11,14H2,1-2H3,(H2,25,27,29)/t18-/m1/s1. The van der Waals surface area contributed by atoms with Crippen LogP contribution < -0.4 is 10.6 Å². The molecule has 3 aromatic rings.